The lowest BCUT2D eigenvalue weighted by molar-refractivity contribution is -0.138. The number of para-hydroxylation sites is 1. The standard InChI is InChI=1S/C15H21NO3/c1-10(2)8-16-9-12-6-5-7-13(18-4)14(12)19-11(3)15(16)17/h5-7,10-11H,8-9H2,1-4H3. The van der Waals surface area contributed by atoms with E-state index in [0.29, 0.717) is 24.0 Å². The van der Waals surface area contributed by atoms with Crippen LogP contribution in [0.25, 0.3) is 0 Å². The zero-order chi connectivity index (χ0) is 14.0. The maximum atomic E-state index is 12.3. The molecular formula is C15H21NO3. The number of carbonyl (C=O) groups excluding carboxylic acids is 1. The molecule has 4 nitrogen and oxygen atoms in total. The first-order valence-electron chi connectivity index (χ1n) is 6.64. The molecule has 1 heterocycles. The van der Waals surface area contributed by atoms with Crippen LogP contribution in [0.15, 0.2) is 18.2 Å². The highest BCUT2D eigenvalue weighted by Gasteiger charge is 2.29. The van der Waals surface area contributed by atoms with Gasteiger partial charge in [0.25, 0.3) is 5.91 Å². The summed E-state index contributed by atoms with van der Waals surface area (Å²) in [6.07, 6.45) is -0.476. The van der Waals surface area contributed by atoms with E-state index in [1.807, 2.05) is 23.1 Å². The third-order valence-electron chi connectivity index (χ3n) is 3.18. The number of ether oxygens (including phenoxy) is 2. The molecule has 0 fully saturated rings. The van der Waals surface area contributed by atoms with E-state index >= 15 is 0 Å². The van der Waals surface area contributed by atoms with Gasteiger partial charge in [0.05, 0.1) is 7.11 Å². The minimum atomic E-state index is -0.476. The molecule has 0 aromatic heterocycles. The van der Waals surface area contributed by atoms with Crippen LogP contribution in [0.2, 0.25) is 0 Å². The van der Waals surface area contributed by atoms with Crippen LogP contribution in [-0.4, -0.2) is 30.6 Å². The first-order chi connectivity index (χ1) is 9.02. The minimum absolute atomic E-state index is 0.0342. The van der Waals surface area contributed by atoms with E-state index in [-0.39, 0.29) is 5.91 Å². The quantitative estimate of drug-likeness (QED) is 0.841. The normalized spacial score (nSPS) is 18.9. The molecule has 104 valence electrons. The summed E-state index contributed by atoms with van der Waals surface area (Å²) in [6, 6.07) is 5.76. The number of carbonyl (C=O) groups is 1. The Bertz CT molecular complexity index is 470. The Hall–Kier alpha value is -1.71. The average Bonchev–Trinajstić information content (AvgIpc) is 2.48. The molecule has 19 heavy (non-hydrogen) atoms. The van der Waals surface area contributed by atoms with Crippen molar-refractivity contribution >= 4 is 5.91 Å². The molecule has 4 heteroatoms. The number of rotatable bonds is 3. The number of hydrogen-bond donors (Lipinski definition) is 0. The molecule has 1 aromatic rings. The summed E-state index contributed by atoms with van der Waals surface area (Å²) >= 11 is 0. The van der Waals surface area contributed by atoms with Gasteiger partial charge >= 0.3 is 0 Å². The van der Waals surface area contributed by atoms with Gasteiger partial charge in [0.2, 0.25) is 0 Å². The highest BCUT2D eigenvalue weighted by molar-refractivity contribution is 5.82. The zero-order valence-electron chi connectivity index (χ0n) is 12.0. The molecule has 0 spiro atoms. The van der Waals surface area contributed by atoms with Crippen LogP contribution in [0.4, 0.5) is 0 Å². The Morgan fingerprint density at radius 1 is 1.47 bits per heavy atom. The molecule has 1 atom stereocenters. The van der Waals surface area contributed by atoms with Gasteiger partial charge in [0.1, 0.15) is 0 Å². The monoisotopic (exact) mass is 263 g/mol. The minimum Gasteiger partial charge on any atom is -0.493 e. The van der Waals surface area contributed by atoms with Crippen molar-refractivity contribution in [1.29, 1.82) is 0 Å². The number of hydrogen-bond acceptors (Lipinski definition) is 3. The van der Waals surface area contributed by atoms with Gasteiger partial charge in [-0.1, -0.05) is 26.0 Å². The molecule has 0 N–H and O–H groups in total. The van der Waals surface area contributed by atoms with Crippen LogP contribution in [0.5, 0.6) is 11.5 Å². The van der Waals surface area contributed by atoms with E-state index in [9.17, 15) is 4.79 Å². The van der Waals surface area contributed by atoms with Crippen LogP contribution in [0.1, 0.15) is 26.3 Å². The van der Waals surface area contributed by atoms with E-state index in [1.165, 1.54) is 0 Å². The molecule has 0 bridgehead atoms. The molecule has 1 unspecified atom stereocenters. The first-order valence-corrected chi connectivity index (χ1v) is 6.64. The molecule has 1 aliphatic heterocycles. The van der Waals surface area contributed by atoms with Crippen LogP contribution in [-0.2, 0) is 11.3 Å². The molecule has 0 saturated heterocycles. The fourth-order valence-electron chi connectivity index (χ4n) is 2.34. The number of amides is 1. The third kappa shape index (κ3) is 2.83. The largest absolute Gasteiger partial charge is 0.493 e. The number of fused-ring (bicyclic) bond motifs is 1. The first kappa shape index (κ1) is 13.7. The van der Waals surface area contributed by atoms with Crippen LogP contribution in [0, 0.1) is 5.92 Å². The van der Waals surface area contributed by atoms with Crippen LogP contribution >= 0.6 is 0 Å². The molecular weight excluding hydrogens is 242 g/mol. The Labute approximate surface area is 114 Å². The highest BCUT2D eigenvalue weighted by atomic mass is 16.5. The molecule has 0 aliphatic carbocycles. The predicted molar refractivity (Wildman–Crippen MR) is 73.3 cm³/mol. The number of methoxy groups -OCH3 is 1. The summed E-state index contributed by atoms with van der Waals surface area (Å²) in [5.74, 6) is 1.84. The Morgan fingerprint density at radius 3 is 2.84 bits per heavy atom. The van der Waals surface area contributed by atoms with Crippen molar-refractivity contribution in [3.63, 3.8) is 0 Å². The predicted octanol–water partition coefficient (Wildman–Crippen LogP) is 2.46. The SMILES string of the molecule is COc1cccc2c1OC(C)C(=O)N(CC(C)C)C2. The van der Waals surface area contributed by atoms with Gasteiger partial charge in [-0.05, 0) is 18.9 Å². The summed E-state index contributed by atoms with van der Waals surface area (Å²) in [4.78, 5) is 14.2. The molecule has 1 aromatic carbocycles. The molecule has 0 saturated carbocycles. The second-order valence-corrected chi connectivity index (χ2v) is 5.32. The van der Waals surface area contributed by atoms with Gasteiger partial charge < -0.3 is 14.4 Å². The van der Waals surface area contributed by atoms with E-state index < -0.39 is 6.10 Å². The van der Waals surface area contributed by atoms with E-state index in [2.05, 4.69) is 13.8 Å². The molecule has 2 rings (SSSR count). The topological polar surface area (TPSA) is 38.8 Å². The number of benzene rings is 1. The van der Waals surface area contributed by atoms with Gasteiger partial charge in [0, 0.05) is 18.7 Å². The van der Waals surface area contributed by atoms with Crippen molar-refractivity contribution in [2.45, 2.75) is 33.4 Å². The van der Waals surface area contributed by atoms with Crippen molar-refractivity contribution in [3.8, 4) is 11.5 Å². The lowest BCUT2D eigenvalue weighted by Gasteiger charge is -2.23. The zero-order valence-corrected chi connectivity index (χ0v) is 12.0. The summed E-state index contributed by atoms with van der Waals surface area (Å²) < 4.78 is 11.1. The summed E-state index contributed by atoms with van der Waals surface area (Å²) in [5, 5.41) is 0. The lowest BCUT2D eigenvalue weighted by Crippen LogP contribution is -2.39. The third-order valence-corrected chi connectivity index (χ3v) is 3.18. The van der Waals surface area contributed by atoms with Gasteiger partial charge in [-0.2, -0.15) is 0 Å². The van der Waals surface area contributed by atoms with Crippen LogP contribution in [0.3, 0.4) is 0 Å². The Kier molecular flexibility index (Phi) is 3.98. The van der Waals surface area contributed by atoms with Crippen molar-refractivity contribution in [2.24, 2.45) is 5.92 Å². The smallest absolute Gasteiger partial charge is 0.263 e. The van der Waals surface area contributed by atoms with E-state index in [4.69, 9.17) is 9.47 Å². The maximum Gasteiger partial charge on any atom is 0.263 e. The van der Waals surface area contributed by atoms with Crippen molar-refractivity contribution in [3.05, 3.63) is 23.8 Å². The Morgan fingerprint density at radius 2 is 2.21 bits per heavy atom. The van der Waals surface area contributed by atoms with Gasteiger partial charge in [-0.3, -0.25) is 4.79 Å². The van der Waals surface area contributed by atoms with Crippen molar-refractivity contribution in [1.82, 2.24) is 4.90 Å². The maximum absolute atomic E-state index is 12.3. The second-order valence-electron chi connectivity index (χ2n) is 5.32. The van der Waals surface area contributed by atoms with Crippen molar-refractivity contribution in [2.75, 3.05) is 13.7 Å². The molecule has 1 amide bonds. The average molecular weight is 263 g/mol. The summed E-state index contributed by atoms with van der Waals surface area (Å²) in [5.41, 5.74) is 0.998. The van der Waals surface area contributed by atoms with Crippen molar-refractivity contribution < 1.29 is 14.3 Å². The summed E-state index contributed by atoms with van der Waals surface area (Å²) in [7, 11) is 1.61. The van der Waals surface area contributed by atoms with Gasteiger partial charge in [0.15, 0.2) is 17.6 Å². The van der Waals surface area contributed by atoms with Gasteiger partial charge in [-0.15, -0.1) is 0 Å². The number of nitrogens with zero attached hydrogens (tertiary/aromatic N) is 1. The summed E-state index contributed by atoms with van der Waals surface area (Å²) in [6.45, 7) is 7.32. The second kappa shape index (κ2) is 5.51. The highest BCUT2D eigenvalue weighted by Crippen LogP contribution is 2.35. The van der Waals surface area contributed by atoms with Crippen LogP contribution < -0.4 is 9.47 Å². The Balaban J connectivity index is 2.37. The fraction of sp³-hybridized carbons (Fsp3) is 0.533. The van der Waals surface area contributed by atoms with E-state index in [1.54, 1.807) is 14.0 Å². The van der Waals surface area contributed by atoms with E-state index in [0.717, 1.165) is 12.1 Å². The molecule has 1 aliphatic rings. The molecule has 0 radical (unpaired) electrons. The lowest BCUT2D eigenvalue weighted by atomic mass is 10.1. The van der Waals surface area contributed by atoms with Gasteiger partial charge in [-0.25, -0.2) is 0 Å². The fourth-order valence-corrected chi connectivity index (χ4v) is 2.34.